The van der Waals surface area contributed by atoms with Crippen molar-refractivity contribution in [2.45, 2.75) is 13.1 Å². The Bertz CT molecular complexity index is 1250. The Morgan fingerprint density at radius 3 is 2.14 bits per heavy atom. The van der Waals surface area contributed by atoms with Gasteiger partial charge < -0.3 is 5.73 Å². The number of nitrogens with two attached hydrogens (primary N) is 1. The van der Waals surface area contributed by atoms with Crippen LogP contribution in [-0.4, -0.2) is 8.07 Å². The molecule has 0 aliphatic carbocycles. The number of hydrogen-bond donors (Lipinski definition) is 1. The Morgan fingerprint density at radius 2 is 1.29 bits per heavy atom. The summed E-state index contributed by atoms with van der Waals surface area (Å²) in [6.07, 6.45) is 4.43. The molecule has 0 bridgehead atoms. The summed E-state index contributed by atoms with van der Waals surface area (Å²) < 4.78 is 0. The second-order valence-electron chi connectivity index (χ2n) is 8.17. The lowest BCUT2D eigenvalue weighted by Gasteiger charge is -2.18. The van der Waals surface area contributed by atoms with Crippen LogP contribution < -0.4 is 16.1 Å². The fourth-order valence-corrected chi connectivity index (χ4v) is 7.52. The van der Waals surface area contributed by atoms with E-state index in [0.29, 0.717) is 0 Å². The van der Waals surface area contributed by atoms with Gasteiger partial charge in [0.15, 0.2) is 0 Å². The van der Waals surface area contributed by atoms with E-state index in [0.717, 1.165) is 5.69 Å². The van der Waals surface area contributed by atoms with Gasteiger partial charge in [0.25, 0.3) is 0 Å². The minimum atomic E-state index is -1.61. The van der Waals surface area contributed by atoms with Crippen molar-refractivity contribution in [3.63, 3.8) is 0 Å². The first-order valence-electron chi connectivity index (χ1n) is 9.74. The smallest absolute Gasteiger partial charge is 0.113 e. The molecule has 0 spiro atoms. The van der Waals surface area contributed by atoms with Crippen molar-refractivity contribution in [3.8, 4) is 11.1 Å². The minimum Gasteiger partial charge on any atom is -0.399 e. The highest BCUT2D eigenvalue weighted by Gasteiger charge is 2.36. The van der Waals surface area contributed by atoms with Crippen molar-refractivity contribution < 1.29 is 0 Å². The SMILES string of the molecule is C[Si]1(C)c2ccccc2-c2ccc(C=Cc3ccc4cc(N)ccc4c3)cc21. The molecule has 5 rings (SSSR count). The van der Waals surface area contributed by atoms with Crippen LogP contribution in [0.5, 0.6) is 0 Å². The van der Waals surface area contributed by atoms with Gasteiger partial charge in [0.2, 0.25) is 0 Å². The molecule has 2 heteroatoms. The molecule has 1 nitrogen and oxygen atoms in total. The molecule has 1 aliphatic rings. The molecule has 1 heterocycles. The van der Waals surface area contributed by atoms with E-state index in [-0.39, 0.29) is 0 Å². The average molecular weight is 378 g/mol. The minimum absolute atomic E-state index is 0.807. The third-order valence-corrected chi connectivity index (χ3v) is 9.51. The van der Waals surface area contributed by atoms with Gasteiger partial charge in [0.05, 0.1) is 0 Å². The Morgan fingerprint density at radius 1 is 0.643 bits per heavy atom. The van der Waals surface area contributed by atoms with Gasteiger partial charge in [-0.1, -0.05) is 85.9 Å². The van der Waals surface area contributed by atoms with Crippen molar-refractivity contribution in [3.05, 3.63) is 90.0 Å². The van der Waals surface area contributed by atoms with E-state index in [1.807, 2.05) is 12.1 Å². The molecule has 0 unspecified atom stereocenters. The van der Waals surface area contributed by atoms with Crippen LogP contribution in [0.15, 0.2) is 78.9 Å². The van der Waals surface area contributed by atoms with Crippen molar-refractivity contribution in [2.75, 3.05) is 5.73 Å². The van der Waals surface area contributed by atoms with Gasteiger partial charge >= 0.3 is 0 Å². The van der Waals surface area contributed by atoms with Crippen LogP contribution in [0.2, 0.25) is 13.1 Å². The zero-order valence-electron chi connectivity index (χ0n) is 16.2. The third-order valence-electron chi connectivity index (χ3n) is 5.96. The summed E-state index contributed by atoms with van der Waals surface area (Å²) in [7, 11) is -1.61. The number of anilines is 1. The summed E-state index contributed by atoms with van der Waals surface area (Å²) in [4.78, 5) is 0. The fraction of sp³-hybridized carbons (Fsp3) is 0.0769. The predicted octanol–water partition coefficient (Wildman–Crippen LogP) is 5.40. The van der Waals surface area contributed by atoms with Crippen LogP contribution >= 0.6 is 0 Å². The topological polar surface area (TPSA) is 26.0 Å². The van der Waals surface area contributed by atoms with Crippen LogP contribution in [0.4, 0.5) is 5.69 Å². The first-order chi connectivity index (χ1) is 13.5. The maximum absolute atomic E-state index is 5.88. The Labute approximate surface area is 167 Å². The van der Waals surface area contributed by atoms with Crippen LogP contribution in [0.1, 0.15) is 11.1 Å². The Kier molecular flexibility index (Phi) is 3.78. The molecule has 0 atom stereocenters. The highest BCUT2D eigenvalue weighted by atomic mass is 28.3. The van der Waals surface area contributed by atoms with E-state index >= 15 is 0 Å². The van der Waals surface area contributed by atoms with Crippen LogP contribution in [0, 0.1) is 0 Å². The molecular weight excluding hydrogens is 354 g/mol. The normalized spacial score (nSPS) is 14.4. The van der Waals surface area contributed by atoms with Gasteiger partial charge in [-0.05, 0) is 61.6 Å². The van der Waals surface area contributed by atoms with E-state index < -0.39 is 8.07 Å². The zero-order chi connectivity index (χ0) is 19.3. The highest BCUT2D eigenvalue weighted by molar-refractivity contribution is 7.03. The monoisotopic (exact) mass is 377 g/mol. The molecule has 0 aromatic heterocycles. The van der Waals surface area contributed by atoms with Crippen molar-refractivity contribution in [2.24, 2.45) is 0 Å². The second-order valence-corrected chi connectivity index (χ2v) is 12.5. The number of rotatable bonds is 2. The summed E-state index contributed by atoms with van der Waals surface area (Å²) in [5, 5.41) is 5.50. The lowest BCUT2D eigenvalue weighted by molar-refractivity contribution is 1.67. The number of hydrogen-bond acceptors (Lipinski definition) is 1. The van der Waals surface area contributed by atoms with E-state index in [1.54, 1.807) is 10.4 Å². The highest BCUT2D eigenvalue weighted by Crippen LogP contribution is 2.29. The molecule has 4 aromatic carbocycles. The van der Waals surface area contributed by atoms with Gasteiger partial charge in [0.1, 0.15) is 8.07 Å². The van der Waals surface area contributed by atoms with Gasteiger partial charge in [0, 0.05) is 5.69 Å². The van der Waals surface area contributed by atoms with Crippen LogP contribution in [0.25, 0.3) is 34.1 Å². The quantitative estimate of drug-likeness (QED) is 0.283. The fourth-order valence-electron chi connectivity index (χ4n) is 4.40. The van der Waals surface area contributed by atoms with E-state index in [4.69, 9.17) is 5.73 Å². The van der Waals surface area contributed by atoms with E-state index in [2.05, 4.69) is 92.0 Å². The second kappa shape index (κ2) is 6.22. The maximum Gasteiger partial charge on any atom is 0.113 e. The summed E-state index contributed by atoms with van der Waals surface area (Å²) >= 11 is 0. The van der Waals surface area contributed by atoms with E-state index in [1.165, 1.54) is 33.0 Å². The average Bonchev–Trinajstić information content (AvgIpc) is 2.94. The van der Waals surface area contributed by atoms with Gasteiger partial charge in [-0.3, -0.25) is 0 Å². The van der Waals surface area contributed by atoms with Gasteiger partial charge in [-0.15, -0.1) is 0 Å². The predicted molar refractivity (Wildman–Crippen MR) is 126 cm³/mol. The first kappa shape index (κ1) is 17.0. The Balaban J connectivity index is 1.51. The summed E-state index contributed by atoms with van der Waals surface area (Å²) in [5.74, 6) is 0. The lowest BCUT2D eigenvalue weighted by atomic mass is 10.0. The zero-order valence-corrected chi connectivity index (χ0v) is 17.2. The molecule has 4 aromatic rings. The molecule has 0 saturated carbocycles. The third kappa shape index (κ3) is 2.69. The largest absolute Gasteiger partial charge is 0.399 e. The lowest BCUT2D eigenvalue weighted by Crippen LogP contribution is -2.49. The Hall–Kier alpha value is -3.10. The molecule has 0 amide bonds. The maximum atomic E-state index is 5.88. The van der Waals surface area contributed by atoms with Gasteiger partial charge in [-0.2, -0.15) is 0 Å². The first-order valence-corrected chi connectivity index (χ1v) is 12.7. The number of benzene rings is 4. The molecule has 28 heavy (non-hydrogen) atoms. The standard InChI is InChI=1S/C26H23NSi/c1-28(2)25-6-4-3-5-23(25)24-14-10-19(16-26(24)28)8-7-18-9-11-21-17-22(27)13-12-20(21)15-18/h3-17H,27H2,1-2H3. The van der Waals surface area contributed by atoms with Crippen LogP contribution in [-0.2, 0) is 0 Å². The number of fused-ring (bicyclic) bond motifs is 4. The summed E-state index contributed by atoms with van der Waals surface area (Å²) in [6, 6.07) is 28.4. The molecule has 1 aliphatic heterocycles. The molecule has 0 radical (unpaired) electrons. The molecule has 0 saturated heterocycles. The molecule has 136 valence electrons. The molecule has 0 fully saturated rings. The summed E-state index contributed by atoms with van der Waals surface area (Å²) in [5.41, 5.74) is 12.0. The van der Waals surface area contributed by atoms with E-state index in [9.17, 15) is 0 Å². The van der Waals surface area contributed by atoms with Crippen LogP contribution in [0.3, 0.4) is 0 Å². The number of nitrogen functional groups attached to an aromatic ring is 1. The van der Waals surface area contributed by atoms with Crippen molar-refractivity contribution >= 4 is 47.1 Å². The molecular formula is C26H23NSi. The van der Waals surface area contributed by atoms with Gasteiger partial charge in [-0.25, -0.2) is 0 Å². The van der Waals surface area contributed by atoms with Crippen molar-refractivity contribution in [1.82, 2.24) is 0 Å². The van der Waals surface area contributed by atoms with Crippen molar-refractivity contribution in [1.29, 1.82) is 0 Å². The summed E-state index contributed by atoms with van der Waals surface area (Å²) in [6.45, 7) is 4.92. The molecule has 2 N–H and O–H groups in total.